The second-order valence-electron chi connectivity index (χ2n) is 11.6. The third-order valence-electron chi connectivity index (χ3n) is 10.2. The van der Waals surface area contributed by atoms with Crippen molar-refractivity contribution in [2.24, 2.45) is 34.5 Å². The Kier molecular flexibility index (Phi) is 5.67. The van der Waals surface area contributed by atoms with Crippen LogP contribution in [-0.2, 0) is 9.59 Å². The van der Waals surface area contributed by atoms with E-state index in [1.54, 1.807) is 6.08 Å². The molecule has 178 valence electrons. The summed E-state index contributed by atoms with van der Waals surface area (Å²) in [5, 5.41) is 4.03. The summed E-state index contributed by atoms with van der Waals surface area (Å²) in [5.74, 6) is 2.26. The maximum atomic E-state index is 13.5. The van der Waals surface area contributed by atoms with Crippen molar-refractivity contribution in [3.63, 3.8) is 0 Å². The summed E-state index contributed by atoms with van der Waals surface area (Å²) in [6, 6.07) is 8.04. The predicted octanol–water partition coefficient (Wildman–Crippen LogP) is 5.77. The fourth-order valence-corrected chi connectivity index (χ4v) is 8.44. The van der Waals surface area contributed by atoms with E-state index in [-0.39, 0.29) is 34.6 Å². The van der Waals surface area contributed by atoms with Gasteiger partial charge in [-0.05, 0) is 92.4 Å². The van der Waals surface area contributed by atoms with Crippen LogP contribution in [-0.4, -0.2) is 29.8 Å². The first-order valence-corrected chi connectivity index (χ1v) is 13.0. The van der Waals surface area contributed by atoms with Crippen LogP contribution in [0.3, 0.4) is 0 Å². The highest BCUT2D eigenvalue weighted by molar-refractivity contribution is 6.30. The van der Waals surface area contributed by atoms with Crippen LogP contribution in [0.1, 0.15) is 70.9 Å². The maximum Gasteiger partial charge on any atom is 0.246 e. The fraction of sp³-hybridized carbons (Fsp3) is 0.643. The van der Waals surface area contributed by atoms with Gasteiger partial charge in [0.25, 0.3) is 0 Å². The topological polar surface area (TPSA) is 49.4 Å². The second kappa shape index (κ2) is 8.15. The minimum atomic E-state index is -0.0245. The number of amides is 2. The summed E-state index contributed by atoms with van der Waals surface area (Å²) in [6.07, 6.45) is 10.6. The Morgan fingerprint density at radius 2 is 1.82 bits per heavy atom. The summed E-state index contributed by atoms with van der Waals surface area (Å²) >= 11 is 6.03. The number of nitrogens with zero attached hydrogens (tertiary/aromatic N) is 1. The van der Waals surface area contributed by atoms with Gasteiger partial charge in [-0.15, -0.1) is 0 Å². The number of carbonyl (C=O) groups is 2. The number of hydrogen-bond donors (Lipinski definition) is 1. The Morgan fingerprint density at radius 3 is 2.55 bits per heavy atom. The first-order valence-electron chi connectivity index (χ1n) is 12.7. The van der Waals surface area contributed by atoms with Crippen LogP contribution < -0.4 is 5.32 Å². The minimum Gasteiger partial charge on any atom is -0.349 e. The average Bonchev–Trinajstić information content (AvgIpc) is 3.14. The molecule has 0 saturated heterocycles. The molecular weight excluding hydrogens is 432 g/mol. The smallest absolute Gasteiger partial charge is 0.246 e. The lowest BCUT2D eigenvalue weighted by Crippen LogP contribution is -2.59. The van der Waals surface area contributed by atoms with Crippen LogP contribution in [0.25, 0.3) is 0 Å². The molecule has 3 saturated carbocycles. The Balaban J connectivity index is 1.33. The van der Waals surface area contributed by atoms with Gasteiger partial charge in [0.2, 0.25) is 11.8 Å². The first-order chi connectivity index (χ1) is 15.6. The number of hydrogen-bond acceptors (Lipinski definition) is 2. The normalized spacial score (nSPS) is 40.6. The van der Waals surface area contributed by atoms with E-state index in [1.807, 2.05) is 36.2 Å². The highest BCUT2D eigenvalue weighted by atomic mass is 35.5. The molecule has 3 unspecified atom stereocenters. The summed E-state index contributed by atoms with van der Waals surface area (Å²) in [5.41, 5.74) is 1.20. The molecule has 0 bridgehead atoms. The van der Waals surface area contributed by atoms with E-state index in [0.29, 0.717) is 28.8 Å². The summed E-state index contributed by atoms with van der Waals surface area (Å²) in [4.78, 5) is 27.8. The summed E-state index contributed by atoms with van der Waals surface area (Å²) < 4.78 is 0. The van der Waals surface area contributed by atoms with Crippen LogP contribution in [0.4, 0.5) is 0 Å². The highest BCUT2D eigenvalue weighted by Crippen LogP contribution is 2.65. The SMILES string of the molecule is CC(NC(=O)C1CC[C@H]2[C@@H]3CCC4N(C)C(=O)C=C[C@]4(C)[C@@H]3CC[C@]12C)c1ccc(Cl)cc1. The molecule has 5 heteroatoms. The monoisotopic (exact) mass is 468 g/mol. The molecule has 1 aromatic carbocycles. The maximum absolute atomic E-state index is 13.5. The number of likely N-dealkylation sites (N-methyl/N-ethyl adjacent to an activating group) is 1. The second-order valence-corrected chi connectivity index (χ2v) is 12.0. The van der Waals surface area contributed by atoms with E-state index < -0.39 is 0 Å². The van der Waals surface area contributed by atoms with Gasteiger partial charge in [-0.25, -0.2) is 0 Å². The zero-order valence-electron chi connectivity index (χ0n) is 20.3. The number of carbonyl (C=O) groups excluding carboxylic acids is 2. The van der Waals surface area contributed by atoms with Gasteiger partial charge in [-0.1, -0.05) is 43.7 Å². The molecule has 1 aromatic rings. The highest BCUT2D eigenvalue weighted by Gasteiger charge is 2.61. The van der Waals surface area contributed by atoms with E-state index >= 15 is 0 Å². The number of benzene rings is 1. The molecule has 33 heavy (non-hydrogen) atoms. The lowest BCUT2D eigenvalue weighted by atomic mass is 9.47. The average molecular weight is 469 g/mol. The van der Waals surface area contributed by atoms with Gasteiger partial charge in [-0.3, -0.25) is 9.59 Å². The van der Waals surface area contributed by atoms with Crippen LogP contribution in [0.5, 0.6) is 0 Å². The lowest BCUT2D eigenvalue weighted by molar-refractivity contribution is -0.142. The van der Waals surface area contributed by atoms with Crippen molar-refractivity contribution in [3.8, 4) is 0 Å². The van der Waals surface area contributed by atoms with Crippen LogP contribution >= 0.6 is 11.6 Å². The summed E-state index contributed by atoms with van der Waals surface area (Å²) in [6.45, 7) is 6.82. The zero-order valence-corrected chi connectivity index (χ0v) is 21.1. The lowest BCUT2D eigenvalue weighted by Gasteiger charge is -2.60. The van der Waals surface area contributed by atoms with Crippen molar-refractivity contribution < 1.29 is 9.59 Å². The van der Waals surface area contributed by atoms with Crippen molar-refractivity contribution in [2.75, 3.05) is 7.05 Å². The molecule has 5 rings (SSSR count). The predicted molar refractivity (Wildman–Crippen MR) is 132 cm³/mol. The van der Waals surface area contributed by atoms with Gasteiger partial charge in [0.05, 0.1) is 6.04 Å². The Hall–Kier alpha value is -1.81. The van der Waals surface area contributed by atoms with Crippen molar-refractivity contribution in [1.29, 1.82) is 0 Å². The molecule has 2 amide bonds. The van der Waals surface area contributed by atoms with Gasteiger partial charge in [-0.2, -0.15) is 0 Å². The van der Waals surface area contributed by atoms with Crippen molar-refractivity contribution in [1.82, 2.24) is 10.2 Å². The van der Waals surface area contributed by atoms with Crippen LogP contribution in [0, 0.1) is 34.5 Å². The molecule has 3 fully saturated rings. The van der Waals surface area contributed by atoms with Gasteiger partial charge in [0, 0.05) is 29.4 Å². The molecule has 3 aliphatic carbocycles. The molecule has 1 N–H and O–H groups in total. The number of rotatable bonds is 3. The van der Waals surface area contributed by atoms with Gasteiger partial charge in [0.1, 0.15) is 0 Å². The first kappa shape index (κ1) is 23.0. The van der Waals surface area contributed by atoms with E-state index in [4.69, 9.17) is 11.6 Å². The van der Waals surface area contributed by atoms with Crippen molar-refractivity contribution >= 4 is 23.4 Å². The Bertz CT molecular complexity index is 975. The zero-order chi connectivity index (χ0) is 23.5. The molecule has 0 spiro atoms. The number of halogens is 1. The standard InChI is InChI=1S/C28H37ClN2O2/c1-17(18-5-7-19(29)8-6-18)30-26(33)23-11-10-21-20-9-12-24-28(3,16-14-25(32)31(24)4)22(20)13-15-27(21,23)2/h5-8,14,16-17,20-24H,9-13,15H2,1-4H3,(H,30,33)/t17?,20-,21-,22+,23?,24?,27-,28+/m0/s1. The van der Waals surface area contributed by atoms with Crippen LogP contribution in [0.2, 0.25) is 5.02 Å². The van der Waals surface area contributed by atoms with E-state index in [2.05, 4.69) is 32.2 Å². The number of fused-ring (bicyclic) bond motifs is 5. The molecule has 4 aliphatic rings. The fourth-order valence-electron chi connectivity index (χ4n) is 8.32. The molecule has 1 heterocycles. The molecule has 8 atom stereocenters. The molecule has 4 nitrogen and oxygen atoms in total. The molecule has 0 aromatic heterocycles. The van der Waals surface area contributed by atoms with E-state index in [9.17, 15) is 9.59 Å². The van der Waals surface area contributed by atoms with Crippen molar-refractivity contribution in [2.45, 2.75) is 71.4 Å². The molecular formula is C28H37ClN2O2. The largest absolute Gasteiger partial charge is 0.349 e. The van der Waals surface area contributed by atoms with Crippen LogP contribution in [0.15, 0.2) is 36.4 Å². The minimum absolute atomic E-state index is 0.0245. The third kappa shape index (κ3) is 3.55. The Morgan fingerprint density at radius 1 is 1.09 bits per heavy atom. The quantitative estimate of drug-likeness (QED) is 0.611. The molecule has 0 radical (unpaired) electrons. The summed E-state index contributed by atoms with van der Waals surface area (Å²) in [7, 11) is 1.97. The van der Waals surface area contributed by atoms with Gasteiger partial charge < -0.3 is 10.2 Å². The van der Waals surface area contributed by atoms with E-state index in [0.717, 1.165) is 37.7 Å². The van der Waals surface area contributed by atoms with Gasteiger partial charge >= 0.3 is 0 Å². The van der Waals surface area contributed by atoms with Crippen molar-refractivity contribution in [3.05, 3.63) is 47.0 Å². The van der Waals surface area contributed by atoms with Gasteiger partial charge in [0.15, 0.2) is 0 Å². The third-order valence-corrected chi connectivity index (χ3v) is 10.4. The number of nitrogens with one attached hydrogen (secondary N) is 1. The molecule has 1 aliphatic heterocycles. The Labute approximate surface area is 203 Å². The van der Waals surface area contributed by atoms with E-state index in [1.165, 1.54) is 6.42 Å².